The highest BCUT2D eigenvalue weighted by molar-refractivity contribution is 7.84. The van der Waals surface area contributed by atoms with Gasteiger partial charge in [0, 0.05) is 16.6 Å². The summed E-state index contributed by atoms with van der Waals surface area (Å²) in [6, 6.07) is 3.89. The largest absolute Gasteiger partial charge is 0.464 e. The predicted molar refractivity (Wildman–Crippen MR) is 67.7 cm³/mol. The fraction of sp³-hybridized carbons (Fsp3) is 0.667. The second kappa shape index (κ2) is 7.63. The van der Waals surface area contributed by atoms with Crippen LogP contribution in [-0.2, 0) is 23.1 Å². The molecule has 1 atom stereocenters. The number of hydrogen-bond donors (Lipinski definition) is 1. The van der Waals surface area contributed by atoms with E-state index in [0.717, 1.165) is 43.2 Å². The smallest absolute Gasteiger partial charge is 0.118 e. The Kier molecular flexibility index (Phi) is 6.42. The lowest BCUT2D eigenvalue weighted by atomic mass is 10.4. The molecule has 92 valence electrons. The van der Waals surface area contributed by atoms with Gasteiger partial charge in [0.25, 0.3) is 0 Å². The lowest BCUT2D eigenvalue weighted by Crippen LogP contribution is -2.13. The summed E-state index contributed by atoms with van der Waals surface area (Å²) < 4.78 is 17.1. The Morgan fingerprint density at radius 1 is 1.25 bits per heavy atom. The van der Waals surface area contributed by atoms with Crippen LogP contribution >= 0.6 is 0 Å². The van der Waals surface area contributed by atoms with E-state index in [1.54, 1.807) is 0 Å². The van der Waals surface area contributed by atoms with Crippen LogP contribution in [0.5, 0.6) is 0 Å². The fourth-order valence-electron chi connectivity index (χ4n) is 1.44. The molecule has 0 fully saturated rings. The van der Waals surface area contributed by atoms with Crippen LogP contribution in [0.25, 0.3) is 0 Å². The minimum atomic E-state index is -0.779. The third-order valence-electron chi connectivity index (χ3n) is 2.18. The molecule has 0 amide bonds. The second-order valence-corrected chi connectivity index (χ2v) is 5.41. The van der Waals surface area contributed by atoms with E-state index >= 15 is 0 Å². The van der Waals surface area contributed by atoms with Gasteiger partial charge >= 0.3 is 0 Å². The summed E-state index contributed by atoms with van der Waals surface area (Å²) >= 11 is 0. The predicted octanol–water partition coefficient (Wildman–Crippen LogP) is 2.44. The van der Waals surface area contributed by atoms with Gasteiger partial charge in [-0.15, -0.1) is 0 Å². The molecule has 0 radical (unpaired) electrons. The number of rotatable bonds is 8. The molecular weight excluding hydrogens is 222 g/mol. The summed E-state index contributed by atoms with van der Waals surface area (Å²) in [6.45, 7) is 5.93. The summed E-state index contributed by atoms with van der Waals surface area (Å²) in [5, 5.41) is 3.27. The molecule has 0 saturated carbocycles. The monoisotopic (exact) mass is 243 g/mol. The standard InChI is InChI=1S/C12H21NO2S/c1-3-7-13-9-11-5-6-12(15-11)10-16(14)8-4-2/h5-6,13H,3-4,7-10H2,1-2H3. The highest BCUT2D eigenvalue weighted by Gasteiger charge is 2.05. The maximum atomic E-state index is 11.5. The third-order valence-corrected chi connectivity index (χ3v) is 3.65. The molecule has 4 heteroatoms. The molecule has 1 unspecified atom stereocenters. The zero-order valence-corrected chi connectivity index (χ0v) is 10.9. The van der Waals surface area contributed by atoms with Gasteiger partial charge in [-0.2, -0.15) is 0 Å². The van der Waals surface area contributed by atoms with Crippen LogP contribution in [0.4, 0.5) is 0 Å². The van der Waals surface area contributed by atoms with E-state index in [1.807, 2.05) is 19.1 Å². The molecule has 0 saturated heterocycles. The van der Waals surface area contributed by atoms with Gasteiger partial charge in [-0.1, -0.05) is 13.8 Å². The molecule has 0 aromatic carbocycles. The van der Waals surface area contributed by atoms with Gasteiger partial charge in [-0.05, 0) is 31.5 Å². The van der Waals surface area contributed by atoms with Crippen molar-refractivity contribution in [3.05, 3.63) is 23.7 Å². The zero-order chi connectivity index (χ0) is 11.8. The van der Waals surface area contributed by atoms with E-state index in [9.17, 15) is 4.21 Å². The van der Waals surface area contributed by atoms with E-state index in [4.69, 9.17) is 4.42 Å². The Bertz CT molecular complexity index is 323. The Morgan fingerprint density at radius 2 is 2.00 bits per heavy atom. The van der Waals surface area contributed by atoms with Gasteiger partial charge in [-0.25, -0.2) is 0 Å². The van der Waals surface area contributed by atoms with Crippen molar-refractivity contribution in [3.63, 3.8) is 0 Å². The number of hydrogen-bond acceptors (Lipinski definition) is 3. The molecule has 1 aromatic heterocycles. The molecule has 3 nitrogen and oxygen atoms in total. The Hall–Kier alpha value is -0.610. The SMILES string of the molecule is CCCNCc1ccc(CS(=O)CCC)o1. The van der Waals surface area contributed by atoms with Crippen molar-refractivity contribution in [1.29, 1.82) is 0 Å². The summed E-state index contributed by atoms with van der Waals surface area (Å²) in [4.78, 5) is 0. The highest BCUT2D eigenvalue weighted by atomic mass is 32.2. The van der Waals surface area contributed by atoms with E-state index in [1.165, 1.54) is 0 Å². The molecule has 1 N–H and O–H groups in total. The summed E-state index contributed by atoms with van der Waals surface area (Å²) in [7, 11) is -0.779. The molecule has 0 spiro atoms. The Balaban J connectivity index is 2.36. The summed E-state index contributed by atoms with van der Waals surface area (Å²) in [6.07, 6.45) is 2.08. The van der Waals surface area contributed by atoms with E-state index in [-0.39, 0.29) is 0 Å². The minimum Gasteiger partial charge on any atom is -0.464 e. The molecular formula is C12H21NO2S. The highest BCUT2D eigenvalue weighted by Crippen LogP contribution is 2.10. The van der Waals surface area contributed by atoms with Crippen molar-refractivity contribution < 1.29 is 8.63 Å². The first kappa shape index (κ1) is 13.5. The van der Waals surface area contributed by atoms with Gasteiger partial charge in [-0.3, -0.25) is 4.21 Å². The quantitative estimate of drug-likeness (QED) is 0.713. The van der Waals surface area contributed by atoms with Crippen molar-refractivity contribution in [2.45, 2.75) is 39.0 Å². The van der Waals surface area contributed by atoms with Gasteiger partial charge < -0.3 is 9.73 Å². The molecule has 0 bridgehead atoms. The Morgan fingerprint density at radius 3 is 2.69 bits per heavy atom. The number of furan rings is 1. The lowest BCUT2D eigenvalue weighted by Gasteiger charge is -1.99. The van der Waals surface area contributed by atoms with Gasteiger partial charge in [0.1, 0.15) is 11.5 Å². The Labute approximate surface area is 100 Å². The van der Waals surface area contributed by atoms with Gasteiger partial charge in [0.2, 0.25) is 0 Å². The van der Waals surface area contributed by atoms with Gasteiger partial charge in [0.05, 0.1) is 12.3 Å². The van der Waals surface area contributed by atoms with Crippen LogP contribution < -0.4 is 5.32 Å². The topological polar surface area (TPSA) is 42.2 Å². The first-order valence-corrected chi connectivity index (χ1v) is 7.38. The van der Waals surface area contributed by atoms with E-state index in [2.05, 4.69) is 12.2 Å². The van der Waals surface area contributed by atoms with Crippen molar-refractivity contribution in [2.75, 3.05) is 12.3 Å². The summed E-state index contributed by atoms with van der Waals surface area (Å²) in [5.74, 6) is 3.06. The number of nitrogens with one attached hydrogen (secondary N) is 1. The maximum Gasteiger partial charge on any atom is 0.118 e. The van der Waals surface area contributed by atoms with Crippen LogP contribution in [0, 0.1) is 0 Å². The van der Waals surface area contributed by atoms with Crippen LogP contribution in [-0.4, -0.2) is 16.5 Å². The lowest BCUT2D eigenvalue weighted by molar-refractivity contribution is 0.458. The normalized spacial score (nSPS) is 12.9. The molecule has 1 aromatic rings. The van der Waals surface area contributed by atoms with Crippen LogP contribution in [0.1, 0.15) is 38.2 Å². The third kappa shape index (κ3) is 4.94. The maximum absolute atomic E-state index is 11.5. The zero-order valence-electron chi connectivity index (χ0n) is 10.1. The minimum absolute atomic E-state index is 0.543. The summed E-state index contributed by atoms with van der Waals surface area (Å²) in [5.41, 5.74) is 0. The van der Waals surface area contributed by atoms with Crippen LogP contribution in [0.15, 0.2) is 16.5 Å². The van der Waals surface area contributed by atoms with Gasteiger partial charge in [0.15, 0.2) is 0 Å². The second-order valence-electron chi connectivity index (χ2n) is 3.83. The average Bonchev–Trinajstić information content (AvgIpc) is 2.66. The average molecular weight is 243 g/mol. The molecule has 0 aliphatic heterocycles. The molecule has 0 aliphatic rings. The first-order chi connectivity index (χ1) is 7.76. The molecule has 0 aliphatic carbocycles. The van der Waals surface area contributed by atoms with Crippen molar-refractivity contribution in [2.24, 2.45) is 0 Å². The fourth-order valence-corrected chi connectivity index (χ4v) is 2.51. The van der Waals surface area contributed by atoms with Crippen LogP contribution in [0.3, 0.4) is 0 Å². The van der Waals surface area contributed by atoms with Crippen molar-refractivity contribution >= 4 is 10.8 Å². The van der Waals surface area contributed by atoms with E-state index in [0.29, 0.717) is 5.75 Å². The van der Waals surface area contributed by atoms with Crippen molar-refractivity contribution in [1.82, 2.24) is 5.32 Å². The molecule has 16 heavy (non-hydrogen) atoms. The van der Waals surface area contributed by atoms with E-state index < -0.39 is 10.8 Å². The molecule has 1 heterocycles. The molecule has 1 rings (SSSR count). The van der Waals surface area contributed by atoms with Crippen LogP contribution in [0.2, 0.25) is 0 Å². The first-order valence-electron chi connectivity index (χ1n) is 5.89. The van der Waals surface area contributed by atoms with Crippen molar-refractivity contribution in [3.8, 4) is 0 Å².